The van der Waals surface area contributed by atoms with E-state index in [0.29, 0.717) is 22.1 Å². The molecule has 9 nitrogen and oxygen atoms in total. The van der Waals surface area contributed by atoms with E-state index in [0.717, 1.165) is 23.3 Å². The molecule has 11 heteroatoms. The first-order valence-corrected chi connectivity index (χ1v) is 14.0. The fourth-order valence-corrected chi connectivity index (χ4v) is 5.57. The van der Waals surface area contributed by atoms with Gasteiger partial charge in [0.25, 0.3) is 0 Å². The van der Waals surface area contributed by atoms with E-state index in [9.17, 15) is 13.2 Å². The molecular formula is C27H25N5O4S2. The number of rotatable bonds is 7. The summed E-state index contributed by atoms with van der Waals surface area (Å²) >= 11 is 5.81. The number of ether oxygens (including phenoxy) is 1. The van der Waals surface area contributed by atoms with E-state index in [1.54, 1.807) is 30.5 Å². The summed E-state index contributed by atoms with van der Waals surface area (Å²) in [6, 6.07) is 23.2. The predicted molar refractivity (Wildman–Crippen MR) is 150 cm³/mol. The number of pyridine rings is 1. The lowest BCUT2D eigenvalue weighted by atomic mass is 10.0. The zero-order chi connectivity index (χ0) is 26.9. The molecule has 1 aliphatic rings. The van der Waals surface area contributed by atoms with Crippen molar-refractivity contribution in [1.29, 1.82) is 0 Å². The summed E-state index contributed by atoms with van der Waals surface area (Å²) in [5, 5.41) is 3.90. The minimum Gasteiger partial charge on any atom is -0.465 e. The number of nitrogens with zero attached hydrogens (tertiary/aromatic N) is 3. The van der Waals surface area contributed by atoms with Crippen molar-refractivity contribution in [1.82, 2.24) is 14.9 Å². The molecule has 1 saturated heterocycles. The monoisotopic (exact) mass is 547 g/mol. The van der Waals surface area contributed by atoms with Gasteiger partial charge in [-0.05, 0) is 72.9 Å². The molecular weight excluding hydrogens is 522 g/mol. The van der Waals surface area contributed by atoms with E-state index in [2.05, 4.69) is 15.0 Å². The van der Waals surface area contributed by atoms with E-state index >= 15 is 0 Å². The van der Waals surface area contributed by atoms with Crippen molar-refractivity contribution in [3.8, 4) is 5.69 Å². The van der Waals surface area contributed by atoms with Gasteiger partial charge >= 0.3 is 5.97 Å². The highest BCUT2D eigenvalue weighted by molar-refractivity contribution is 7.92. The summed E-state index contributed by atoms with van der Waals surface area (Å²) in [6.45, 7) is 0. The van der Waals surface area contributed by atoms with Crippen molar-refractivity contribution in [2.24, 2.45) is 0 Å². The zero-order valence-corrected chi connectivity index (χ0v) is 22.2. The van der Waals surface area contributed by atoms with Gasteiger partial charge in [0.05, 0.1) is 36.4 Å². The number of benzene rings is 2. The maximum Gasteiger partial charge on any atom is 0.339 e. The SMILES string of the molecule is COC(=O)c1ccccc1-n1cccc1C1C(c2ccccn2)NC(=S)N1c1ccc(NS(C)(=O)=O)cc1. The van der Waals surface area contributed by atoms with Crippen LogP contribution in [0, 0.1) is 0 Å². The Morgan fingerprint density at radius 2 is 1.76 bits per heavy atom. The summed E-state index contributed by atoms with van der Waals surface area (Å²) < 4.78 is 32.8. The maximum atomic E-state index is 12.6. The van der Waals surface area contributed by atoms with Crippen molar-refractivity contribution < 1.29 is 17.9 Å². The van der Waals surface area contributed by atoms with Crippen LogP contribution in [0.3, 0.4) is 0 Å². The van der Waals surface area contributed by atoms with Crippen molar-refractivity contribution in [2.45, 2.75) is 12.1 Å². The van der Waals surface area contributed by atoms with Gasteiger partial charge in [-0.25, -0.2) is 13.2 Å². The summed E-state index contributed by atoms with van der Waals surface area (Å²) in [6.07, 6.45) is 4.73. The van der Waals surface area contributed by atoms with Crippen LogP contribution in [0.2, 0.25) is 0 Å². The molecule has 2 unspecified atom stereocenters. The largest absolute Gasteiger partial charge is 0.465 e. The number of para-hydroxylation sites is 1. The van der Waals surface area contributed by atoms with Crippen LogP contribution in [0.5, 0.6) is 0 Å². The molecule has 38 heavy (non-hydrogen) atoms. The molecule has 2 N–H and O–H groups in total. The third kappa shape index (κ3) is 4.98. The molecule has 1 fully saturated rings. The molecule has 0 bridgehead atoms. The standard InChI is InChI=1S/C27H25N5O4S2/c1-36-26(33)20-8-3-4-10-22(20)31-17-7-11-23(31)25-24(21-9-5-6-16-28-21)29-27(37)32(25)19-14-12-18(13-15-19)30-38(2,34)35/h3-17,24-25,30H,1-2H3,(H,29,37). The zero-order valence-electron chi connectivity index (χ0n) is 20.6. The van der Waals surface area contributed by atoms with Crippen LogP contribution in [0.15, 0.2) is 91.3 Å². The normalized spacial score (nSPS) is 17.2. The Kier molecular flexibility index (Phi) is 6.87. The number of nitrogens with one attached hydrogen (secondary N) is 2. The molecule has 2 atom stereocenters. The van der Waals surface area contributed by atoms with Crippen molar-refractivity contribution in [2.75, 3.05) is 23.0 Å². The molecule has 0 aliphatic carbocycles. The number of carbonyl (C=O) groups excluding carboxylic acids is 1. The summed E-state index contributed by atoms with van der Waals surface area (Å²) in [7, 11) is -2.05. The fourth-order valence-electron chi connectivity index (χ4n) is 4.66. The second-order valence-electron chi connectivity index (χ2n) is 8.73. The third-order valence-corrected chi connectivity index (χ3v) is 7.12. The fraction of sp³-hybridized carbons (Fsp3) is 0.148. The molecule has 2 aromatic heterocycles. The van der Waals surface area contributed by atoms with Gasteiger partial charge in [-0.3, -0.25) is 9.71 Å². The molecule has 5 rings (SSSR count). The Labute approximate surface area is 226 Å². The highest BCUT2D eigenvalue weighted by Crippen LogP contribution is 2.42. The van der Waals surface area contributed by atoms with Gasteiger partial charge in [-0.15, -0.1) is 0 Å². The Morgan fingerprint density at radius 1 is 1.03 bits per heavy atom. The highest BCUT2D eigenvalue weighted by Gasteiger charge is 2.42. The number of thiocarbonyl (C=S) groups is 1. The lowest BCUT2D eigenvalue weighted by Crippen LogP contribution is -2.30. The number of hydrogen-bond acceptors (Lipinski definition) is 6. The lowest BCUT2D eigenvalue weighted by molar-refractivity contribution is 0.0600. The van der Waals surface area contributed by atoms with E-state index in [-0.39, 0.29) is 12.1 Å². The summed E-state index contributed by atoms with van der Waals surface area (Å²) in [5.41, 5.74) is 3.97. The molecule has 2 aromatic carbocycles. The molecule has 0 amide bonds. The smallest absolute Gasteiger partial charge is 0.339 e. The van der Waals surface area contributed by atoms with Crippen molar-refractivity contribution >= 4 is 44.7 Å². The molecule has 194 valence electrons. The van der Waals surface area contributed by atoms with Gasteiger partial charge in [0.2, 0.25) is 10.0 Å². The average molecular weight is 548 g/mol. The number of hydrogen-bond donors (Lipinski definition) is 2. The molecule has 0 saturated carbocycles. The van der Waals surface area contributed by atoms with Crippen LogP contribution < -0.4 is 14.9 Å². The minimum atomic E-state index is -3.41. The van der Waals surface area contributed by atoms with Crippen LogP contribution in [-0.2, 0) is 14.8 Å². The molecule has 4 aromatic rings. The molecule has 0 spiro atoms. The van der Waals surface area contributed by atoms with Gasteiger partial charge in [-0.1, -0.05) is 18.2 Å². The van der Waals surface area contributed by atoms with E-state index in [1.165, 1.54) is 7.11 Å². The topological polar surface area (TPSA) is 106 Å². The number of carbonyl (C=O) groups is 1. The van der Waals surface area contributed by atoms with Crippen LogP contribution >= 0.6 is 12.2 Å². The van der Waals surface area contributed by atoms with Crippen molar-refractivity contribution in [3.63, 3.8) is 0 Å². The number of aromatic nitrogens is 2. The van der Waals surface area contributed by atoms with Gasteiger partial charge < -0.3 is 19.5 Å². The Hall–Kier alpha value is -4.22. The number of esters is 1. The molecule has 3 heterocycles. The Balaban J connectivity index is 1.64. The van der Waals surface area contributed by atoms with Gasteiger partial charge in [0.1, 0.15) is 6.04 Å². The predicted octanol–water partition coefficient (Wildman–Crippen LogP) is 4.21. The lowest BCUT2D eigenvalue weighted by Gasteiger charge is -2.29. The van der Waals surface area contributed by atoms with Gasteiger partial charge in [0, 0.05) is 29.5 Å². The van der Waals surface area contributed by atoms with Crippen LogP contribution in [-0.4, -0.2) is 42.4 Å². The number of methoxy groups -OCH3 is 1. The van der Waals surface area contributed by atoms with Crippen LogP contribution in [0.1, 0.15) is 33.8 Å². The van der Waals surface area contributed by atoms with E-state index in [4.69, 9.17) is 17.0 Å². The first-order valence-electron chi connectivity index (χ1n) is 11.7. The number of sulfonamides is 1. The average Bonchev–Trinajstić information content (AvgIpc) is 3.52. The van der Waals surface area contributed by atoms with Gasteiger partial charge in [0.15, 0.2) is 5.11 Å². The third-order valence-electron chi connectivity index (χ3n) is 6.20. The molecule has 0 radical (unpaired) electrons. The van der Waals surface area contributed by atoms with Gasteiger partial charge in [-0.2, -0.15) is 0 Å². The van der Waals surface area contributed by atoms with E-state index in [1.807, 2.05) is 70.3 Å². The maximum absolute atomic E-state index is 12.6. The highest BCUT2D eigenvalue weighted by atomic mass is 32.2. The summed E-state index contributed by atoms with van der Waals surface area (Å²) in [4.78, 5) is 19.1. The summed E-state index contributed by atoms with van der Waals surface area (Å²) in [5.74, 6) is -0.438. The first-order chi connectivity index (χ1) is 18.3. The van der Waals surface area contributed by atoms with Crippen LogP contribution in [0.25, 0.3) is 5.69 Å². The first kappa shape index (κ1) is 25.4. The van der Waals surface area contributed by atoms with Crippen LogP contribution in [0.4, 0.5) is 11.4 Å². The van der Waals surface area contributed by atoms with E-state index < -0.39 is 16.0 Å². The molecule has 1 aliphatic heterocycles. The second kappa shape index (κ2) is 10.3. The second-order valence-corrected chi connectivity index (χ2v) is 10.9. The quantitative estimate of drug-likeness (QED) is 0.262. The Bertz CT molecular complexity index is 1590. The Morgan fingerprint density at radius 3 is 2.45 bits per heavy atom. The van der Waals surface area contributed by atoms with Crippen molar-refractivity contribution in [3.05, 3.63) is 108 Å². The minimum absolute atomic E-state index is 0.309. The number of anilines is 2.